The van der Waals surface area contributed by atoms with Crippen LogP contribution in [-0.4, -0.2) is 13.7 Å². The summed E-state index contributed by atoms with van der Waals surface area (Å²) in [7, 11) is 0. The number of nitrogens with zero attached hydrogens (tertiary/aromatic N) is 1. The molecule has 0 aliphatic carbocycles. The summed E-state index contributed by atoms with van der Waals surface area (Å²) >= 11 is -2.09. The number of aromatic nitrogens is 1. The topological polar surface area (TPSA) is 76.2 Å². The van der Waals surface area contributed by atoms with E-state index in [0.29, 0.717) is 5.69 Å². The van der Waals surface area contributed by atoms with Crippen molar-refractivity contribution in [2.24, 2.45) is 5.73 Å². The molecule has 1 aromatic carbocycles. The highest BCUT2D eigenvalue weighted by Gasteiger charge is 2.13. The van der Waals surface area contributed by atoms with Crippen LogP contribution in [0.25, 0.3) is 10.9 Å². The maximum Gasteiger partial charge on any atom is 0.176 e. The molecular weight excluding hydrogens is 212 g/mol. The highest BCUT2D eigenvalue weighted by Crippen LogP contribution is 2.16. The van der Waals surface area contributed by atoms with Gasteiger partial charge in [0.2, 0.25) is 0 Å². The molecule has 2 atom stereocenters. The average Bonchev–Trinajstić information content (AvgIpc) is 2.27. The molecule has 15 heavy (non-hydrogen) atoms. The smallest absolute Gasteiger partial charge is 0.176 e. The van der Waals surface area contributed by atoms with Gasteiger partial charge in [-0.2, -0.15) is 0 Å². The molecule has 0 saturated heterocycles. The number of para-hydroxylation sites is 1. The third-order valence-electron chi connectivity index (χ3n) is 2.13. The van der Waals surface area contributed by atoms with Crippen LogP contribution < -0.4 is 5.73 Å². The molecule has 0 aliphatic heterocycles. The highest BCUT2D eigenvalue weighted by atomic mass is 32.2. The normalized spacial score (nSPS) is 15.1. The molecule has 1 heterocycles. The fraction of sp³-hybridized carbons (Fsp3) is 0.100. The van der Waals surface area contributed by atoms with Gasteiger partial charge in [0.25, 0.3) is 0 Å². The van der Waals surface area contributed by atoms with E-state index in [1.165, 1.54) is 0 Å². The van der Waals surface area contributed by atoms with E-state index in [0.717, 1.165) is 10.9 Å². The molecule has 0 aliphatic rings. The number of pyridine rings is 1. The molecule has 4 nitrogen and oxygen atoms in total. The van der Waals surface area contributed by atoms with E-state index >= 15 is 0 Å². The van der Waals surface area contributed by atoms with Crippen molar-refractivity contribution < 1.29 is 8.76 Å². The Bertz CT molecular complexity index is 516. The SMILES string of the molecule is NC(c1ccc2ccccc2n1)S(=O)O. The molecule has 78 valence electrons. The molecular formula is C10H10N2O2S. The zero-order valence-electron chi connectivity index (χ0n) is 7.83. The van der Waals surface area contributed by atoms with Gasteiger partial charge >= 0.3 is 0 Å². The Labute approximate surface area is 89.4 Å². The fourth-order valence-electron chi connectivity index (χ4n) is 1.34. The van der Waals surface area contributed by atoms with Crippen LogP contribution in [0.2, 0.25) is 0 Å². The van der Waals surface area contributed by atoms with Crippen molar-refractivity contribution in [2.75, 3.05) is 0 Å². The predicted octanol–water partition coefficient (Wildman–Crippen LogP) is 1.41. The van der Waals surface area contributed by atoms with Crippen LogP contribution in [0.5, 0.6) is 0 Å². The second kappa shape index (κ2) is 4.06. The van der Waals surface area contributed by atoms with Gasteiger partial charge in [-0.05, 0) is 12.1 Å². The van der Waals surface area contributed by atoms with Crippen LogP contribution in [0.3, 0.4) is 0 Å². The molecule has 0 spiro atoms. The predicted molar refractivity (Wildman–Crippen MR) is 59.4 cm³/mol. The Morgan fingerprint density at radius 2 is 2.00 bits per heavy atom. The van der Waals surface area contributed by atoms with Gasteiger partial charge in [-0.1, -0.05) is 24.3 Å². The largest absolute Gasteiger partial charge is 0.310 e. The molecule has 0 bridgehead atoms. The summed E-state index contributed by atoms with van der Waals surface area (Å²) in [5, 5.41) is 0.0341. The lowest BCUT2D eigenvalue weighted by Crippen LogP contribution is -2.16. The molecule has 2 unspecified atom stereocenters. The summed E-state index contributed by atoms with van der Waals surface area (Å²) in [4.78, 5) is 4.22. The summed E-state index contributed by atoms with van der Waals surface area (Å²) in [6.07, 6.45) is 0. The first-order chi connectivity index (χ1) is 7.18. The number of benzene rings is 1. The summed E-state index contributed by atoms with van der Waals surface area (Å²) in [5.41, 5.74) is 6.72. The first-order valence-corrected chi connectivity index (χ1v) is 5.56. The molecule has 0 radical (unpaired) electrons. The summed E-state index contributed by atoms with van der Waals surface area (Å²) in [6, 6.07) is 11.0. The first kappa shape index (κ1) is 10.2. The van der Waals surface area contributed by atoms with Crippen LogP contribution in [0.4, 0.5) is 0 Å². The van der Waals surface area contributed by atoms with Crippen molar-refractivity contribution in [3.05, 3.63) is 42.1 Å². The minimum Gasteiger partial charge on any atom is -0.310 e. The van der Waals surface area contributed by atoms with Crippen LogP contribution in [0.1, 0.15) is 11.1 Å². The van der Waals surface area contributed by atoms with Crippen molar-refractivity contribution in [1.29, 1.82) is 0 Å². The summed E-state index contributed by atoms with van der Waals surface area (Å²) < 4.78 is 19.6. The van der Waals surface area contributed by atoms with E-state index in [1.807, 2.05) is 30.3 Å². The quantitative estimate of drug-likeness (QED) is 0.753. The van der Waals surface area contributed by atoms with E-state index in [2.05, 4.69) is 4.98 Å². The van der Waals surface area contributed by atoms with Gasteiger partial charge in [0, 0.05) is 5.39 Å². The van der Waals surface area contributed by atoms with Gasteiger partial charge in [0.1, 0.15) is 5.37 Å². The molecule has 2 rings (SSSR count). The van der Waals surface area contributed by atoms with Gasteiger partial charge in [-0.15, -0.1) is 0 Å². The average molecular weight is 222 g/mol. The molecule has 0 amide bonds. The molecule has 0 fully saturated rings. The third-order valence-corrected chi connectivity index (χ3v) is 2.80. The van der Waals surface area contributed by atoms with E-state index < -0.39 is 16.5 Å². The van der Waals surface area contributed by atoms with Crippen molar-refractivity contribution in [2.45, 2.75) is 5.37 Å². The Morgan fingerprint density at radius 3 is 2.73 bits per heavy atom. The van der Waals surface area contributed by atoms with Crippen LogP contribution in [-0.2, 0) is 11.1 Å². The molecule has 2 aromatic rings. The van der Waals surface area contributed by atoms with Crippen molar-refractivity contribution in [3.63, 3.8) is 0 Å². The number of hydrogen-bond acceptors (Lipinski definition) is 3. The van der Waals surface area contributed by atoms with E-state index in [-0.39, 0.29) is 0 Å². The van der Waals surface area contributed by atoms with Crippen LogP contribution in [0.15, 0.2) is 36.4 Å². The van der Waals surface area contributed by atoms with Crippen LogP contribution >= 0.6 is 0 Å². The zero-order valence-corrected chi connectivity index (χ0v) is 8.65. The monoisotopic (exact) mass is 222 g/mol. The number of nitrogens with two attached hydrogens (primary N) is 1. The van der Waals surface area contributed by atoms with Gasteiger partial charge < -0.3 is 10.3 Å². The first-order valence-electron chi connectivity index (χ1n) is 4.39. The summed E-state index contributed by atoms with van der Waals surface area (Å²) in [5.74, 6) is 0. The highest BCUT2D eigenvalue weighted by molar-refractivity contribution is 7.79. The fourth-order valence-corrected chi connectivity index (χ4v) is 1.68. The minimum absolute atomic E-state index is 0.425. The standard InChI is InChI=1S/C10H10N2O2S/c11-10(15(13)14)9-6-5-7-3-1-2-4-8(7)12-9/h1-6,10H,11H2,(H,13,14). The lowest BCUT2D eigenvalue weighted by Gasteiger charge is -2.07. The van der Waals surface area contributed by atoms with E-state index in [1.54, 1.807) is 6.07 Å². The van der Waals surface area contributed by atoms with Gasteiger partial charge in [0.05, 0.1) is 11.2 Å². The van der Waals surface area contributed by atoms with Crippen molar-refractivity contribution in [1.82, 2.24) is 4.98 Å². The number of fused-ring (bicyclic) bond motifs is 1. The molecule has 0 saturated carbocycles. The lowest BCUT2D eigenvalue weighted by molar-refractivity contribution is 0.550. The van der Waals surface area contributed by atoms with Gasteiger partial charge in [0.15, 0.2) is 11.1 Å². The second-order valence-electron chi connectivity index (χ2n) is 3.13. The number of rotatable bonds is 2. The second-order valence-corrected chi connectivity index (χ2v) is 4.19. The maximum atomic E-state index is 10.8. The Balaban J connectivity index is 2.51. The Morgan fingerprint density at radius 1 is 1.27 bits per heavy atom. The lowest BCUT2D eigenvalue weighted by atomic mass is 10.2. The van der Waals surface area contributed by atoms with Crippen LogP contribution in [0, 0.1) is 0 Å². The van der Waals surface area contributed by atoms with E-state index in [9.17, 15) is 4.21 Å². The Hall–Kier alpha value is -1.30. The van der Waals surface area contributed by atoms with Gasteiger partial charge in [-0.3, -0.25) is 4.98 Å². The van der Waals surface area contributed by atoms with Crippen molar-refractivity contribution in [3.8, 4) is 0 Å². The molecule has 5 heteroatoms. The van der Waals surface area contributed by atoms with Crippen molar-refractivity contribution >= 4 is 22.0 Å². The maximum absolute atomic E-state index is 10.8. The Kier molecular flexibility index (Phi) is 2.77. The molecule has 1 aromatic heterocycles. The number of hydrogen-bond donors (Lipinski definition) is 2. The summed E-state index contributed by atoms with van der Waals surface area (Å²) in [6.45, 7) is 0. The third kappa shape index (κ3) is 2.04. The van der Waals surface area contributed by atoms with Gasteiger partial charge in [-0.25, -0.2) is 4.21 Å². The minimum atomic E-state index is -2.09. The molecule has 3 N–H and O–H groups in total. The van der Waals surface area contributed by atoms with E-state index in [4.69, 9.17) is 10.3 Å². The zero-order chi connectivity index (χ0) is 10.8.